The van der Waals surface area contributed by atoms with Crippen LogP contribution in [0, 0.1) is 23.5 Å². The van der Waals surface area contributed by atoms with Gasteiger partial charge in [0.2, 0.25) is 0 Å². The molecule has 0 spiro atoms. The zero-order valence-electron chi connectivity index (χ0n) is 11.0. The summed E-state index contributed by atoms with van der Waals surface area (Å²) in [5.41, 5.74) is 0.480. The highest BCUT2D eigenvalue weighted by atomic mass is 19.1. The number of likely N-dealkylation sites (N-methyl/N-ethyl adjacent to an activating group) is 1. The molecule has 2 atom stereocenters. The van der Waals surface area contributed by atoms with E-state index in [9.17, 15) is 8.78 Å². The van der Waals surface area contributed by atoms with E-state index in [0.717, 1.165) is 12.5 Å². The first-order valence-corrected chi connectivity index (χ1v) is 6.79. The van der Waals surface area contributed by atoms with E-state index >= 15 is 0 Å². The Labute approximate surface area is 108 Å². The molecule has 3 heteroatoms. The maximum absolute atomic E-state index is 13.7. The van der Waals surface area contributed by atoms with Crippen LogP contribution in [0.15, 0.2) is 18.2 Å². The Hall–Kier alpha value is -0.960. The number of nitrogens with one attached hydrogen (secondary N) is 1. The van der Waals surface area contributed by atoms with Gasteiger partial charge in [-0.2, -0.15) is 0 Å². The molecule has 100 valence electrons. The third kappa shape index (κ3) is 3.29. The summed E-state index contributed by atoms with van der Waals surface area (Å²) in [7, 11) is 0. The molecule has 0 radical (unpaired) electrons. The molecule has 0 aliphatic heterocycles. The standard InChI is InChI=1S/C15H21F2N/c1-3-18-15(10(2)11-4-5-11)9-12-8-13(16)6-7-14(12)17/h6-8,10-11,15,18H,3-5,9H2,1-2H3. The maximum atomic E-state index is 13.7. The van der Waals surface area contributed by atoms with Crippen LogP contribution in [-0.4, -0.2) is 12.6 Å². The van der Waals surface area contributed by atoms with Crippen LogP contribution in [0.1, 0.15) is 32.3 Å². The maximum Gasteiger partial charge on any atom is 0.126 e. The Kier molecular flexibility index (Phi) is 4.33. The van der Waals surface area contributed by atoms with Crippen molar-refractivity contribution in [1.82, 2.24) is 5.32 Å². The Bertz CT molecular complexity index is 401. The lowest BCUT2D eigenvalue weighted by Crippen LogP contribution is -2.38. The molecule has 1 fully saturated rings. The first-order chi connectivity index (χ1) is 8.61. The molecule has 0 aromatic heterocycles. The van der Waals surface area contributed by atoms with Gasteiger partial charge in [-0.1, -0.05) is 13.8 Å². The second-order valence-corrected chi connectivity index (χ2v) is 5.30. The van der Waals surface area contributed by atoms with Gasteiger partial charge in [-0.05, 0) is 61.4 Å². The van der Waals surface area contributed by atoms with Gasteiger partial charge in [0.25, 0.3) is 0 Å². The Morgan fingerprint density at radius 2 is 2.06 bits per heavy atom. The zero-order valence-corrected chi connectivity index (χ0v) is 11.0. The molecule has 0 bridgehead atoms. The van der Waals surface area contributed by atoms with Crippen molar-refractivity contribution in [2.75, 3.05) is 6.54 Å². The van der Waals surface area contributed by atoms with Gasteiger partial charge >= 0.3 is 0 Å². The molecule has 2 rings (SSSR count). The molecule has 0 saturated heterocycles. The molecule has 1 N–H and O–H groups in total. The summed E-state index contributed by atoms with van der Waals surface area (Å²) in [5.74, 6) is 0.612. The summed E-state index contributed by atoms with van der Waals surface area (Å²) in [6, 6.07) is 3.94. The van der Waals surface area contributed by atoms with Crippen molar-refractivity contribution in [1.29, 1.82) is 0 Å². The topological polar surface area (TPSA) is 12.0 Å². The van der Waals surface area contributed by atoms with Gasteiger partial charge < -0.3 is 5.32 Å². The Morgan fingerprint density at radius 3 is 2.67 bits per heavy atom. The molecule has 1 aliphatic carbocycles. The van der Waals surface area contributed by atoms with Crippen molar-refractivity contribution in [3.05, 3.63) is 35.4 Å². The summed E-state index contributed by atoms with van der Waals surface area (Å²) >= 11 is 0. The van der Waals surface area contributed by atoms with Gasteiger partial charge in [-0.3, -0.25) is 0 Å². The molecular weight excluding hydrogens is 232 g/mol. The van der Waals surface area contributed by atoms with Gasteiger partial charge in [-0.25, -0.2) is 8.78 Å². The van der Waals surface area contributed by atoms with Gasteiger partial charge in [0, 0.05) is 6.04 Å². The van der Waals surface area contributed by atoms with E-state index in [1.54, 1.807) is 0 Å². The van der Waals surface area contributed by atoms with Crippen LogP contribution < -0.4 is 5.32 Å². The lowest BCUT2D eigenvalue weighted by Gasteiger charge is -2.25. The average molecular weight is 253 g/mol. The summed E-state index contributed by atoms with van der Waals surface area (Å²) in [6.07, 6.45) is 3.11. The number of hydrogen-bond acceptors (Lipinski definition) is 1. The minimum absolute atomic E-state index is 0.235. The van der Waals surface area contributed by atoms with Gasteiger partial charge in [0.15, 0.2) is 0 Å². The number of rotatable bonds is 6. The lowest BCUT2D eigenvalue weighted by atomic mass is 9.91. The molecule has 1 saturated carbocycles. The third-order valence-electron chi connectivity index (χ3n) is 3.91. The minimum Gasteiger partial charge on any atom is -0.314 e. The van der Waals surface area contributed by atoms with E-state index in [4.69, 9.17) is 0 Å². The smallest absolute Gasteiger partial charge is 0.126 e. The van der Waals surface area contributed by atoms with Gasteiger partial charge in [0.1, 0.15) is 11.6 Å². The monoisotopic (exact) mass is 253 g/mol. The molecule has 0 amide bonds. The van der Waals surface area contributed by atoms with Crippen LogP contribution in [-0.2, 0) is 6.42 Å². The number of benzene rings is 1. The number of halogens is 2. The lowest BCUT2D eigenvalue weighted by molar-refractivity contribution is 0.341. The molecule has 1 nitrogen and oxygen atoms in total. The van der Waals surface area contributed by atoms with E-state index < -0.39 is 0 Å². The van der Waals surface area contributed by atoms with Gasteiger partial charge in [0.05, 0.1) is 0 Å². The van der Waals surface area contributed by atoms with E-state index in [1.165, 1.54) is 31.0 Å². The average Bonchev–Trinajstić information content (AvgIpc) is 3.16. The second kappa shape index (κ2) is 5.79. The molecule has 18 heavy (non-hydrogen) atoms. The molecule has 0 heterocycles. The molecule has 1 aromatic rings. The van der Waals surface area contributed by atoms with E-state index in [0.29, 0.717) is 17.9 Å². The summed E-state index contributed by atoms with van der Waals surface area (Å²) in [5, 5.41) is 3.41. The quantitative estimate of drug-likeness (QED) is 0.817. The Morgan fingerprint density at radius 1 is 1.33 bits per heavy atom. The van der Waals surface area contributed by atoms with E-state index in [1.807, 2.05) is 0 Å². The van der Waals surface area contributed by atoms with Crippen molar-refractivity contribution in [2.24, 2.45) is 11.8 Å². The van der Waals surface area contributed by atoms with Crippen LogP contribution in [0.25, 0.3) is 0 Å². The van der Waals surface area contributed by atoms with Crippen molar-refractivity contribution in [3.63, 3.8) is 0 Å². The molecule has 1 aliphatic rings. The first kappa shape index (κ1) is 13.5. The summed E-state index contributed by atoms with van der Waals surface area (Å²) in [6.45, 7) is 5.12. The summed E-state index contributed by atoms with van der Waals surface area (Å²) < 4.78 is 26.8. The molecule has 1 aromatic carbocycles. The molecular formula is C15H21F2N. The van der Waals surface area contributed by atoms with E-state index in [-0.39, 0.29) is 17.7 Å². The van der Waals surface area contributed by atoms with Crippen molar-refractivity contribution >= 4 is 0 Å². The highest BCUT2D eigenvalue weighted by Crippen LogP contribution is 2.38. The highest BCUT2D eigenvalue weighted by molar-refractivity contribution is 5.20. The van der Waals surface area contributed by atoms with Crippen LogP contribution in [0.4, 0.5) is 8.78 Å². The third-order valence-corrected chi connectivity index (χ3v) is 3.91. The SMILES string of the molecule is CCNC(Cc1cc(F)ccc1F)C(C)C1CC1. The van der Waals surface area contributed by atoms with Crippen LogP contribution in [0.2, 0.25) is 0 Å². The molecule has 2 unspecified atom stereocenters. The zero-order chi connectivity index (χ0) is 13.1. The summed E-state index contributed by atoms with van der Waals surface area (Å²) in [4.78, 5) is 0. The fourth-order valence-corrected chi connectivity index (χ4v) is 2.59. The second-order valence-electron chi connectivity index (χ2n) is 5.30. The van der Waals surface area contributed by atoms with Crippen LogP contribution in [0.5, 0.6) is 0 Å². The highest BCUT2D eigenvalue weighted by Gasteiger charge is 2.33. The van der Waals surface area contributed by atoms with Crippen molar-refractivity contribution < 1.29 is 8.78 Å². The van der Waals surface area contributed by atoms with E-state index in [2.05, 4.69) is 19.2 Å². The first-order valence-electron chi connectivity index (χ1n) is 6.79. The largest absolute Gasteiger partial charge is 0.314 e. The predicted octanol–water partition coefficient (Wildman–Crippen LogP) is 3.53. The predicted molar refractivity (Wildman–Crippen MR) is 69.4 cm³/mol. The fraction of sp³-hybridized carbons (Fsp3) is 0.600. The Balaban J connectivity index is 2.09. The van der Waals surface area contributed by atoms with Crippen LogP contribution in [0.3, 0.4) is 0 Å². The van der Waals surface area contributed by atoms with Crippen LogP contribution >= 0.6 is 0 Å². The fourth-order valence-electron chi connectivity index (χ4n) is 2.59. The minimum atomic E-state index is -0.360. The van der Waals surface area contributed by atoms with Crippen molar-refractivity contribution in [3.8, 4) is 0 Å². The van der Waals surface area contributed by atoms with Crippen molar-refractivity contribution in [2.45, 2.75) is 39.2 Å². The normalized spacial score (nSPS) is 18.7. The number of hydrogen-bond donors (Lipinski definition) is 1. The van der Waals surface area contributed by atoms with Gasteiger partial charge in [-0.15, -0.1) is 0 Å².